The first-order valence-electron chi connectivity index (χ1n) is 6.43. The SMILES string of the molecule is Nc1ccccc1CSc1[nH]c(=O)c(Cl)c2ccccc12. The average molecular weight is 317 g/mol. The summed E-state index contributed by atoms with van der Waals surface area (Å²) in [6, 6.07) is 15.3. The van der Waals surface area contributed by atoms with Crippen LogP contribution in [0.4, 0.5) is 5.69 Å². The molecule has 3 nitrogen and oxygen atoms in total. The molecular formula is C16H13ClN2OS. The minimum Gasteiger partial charge on any atom is -0.398 e. The Morgan fingerprint density at radius 3 is 2.48 bits per heavy atom. The van der Waals surface area contributed by atoms with E-state index in [0.29, 0.717) is 5.75 Å². The van der Waals surface area contributed by atoms with Gasteiger partial charge in [0.1, 0.15) is 5.02 Å². The van der Waals surface area contributed by atoms with Crippen LogP contribution >= 0.6 is 23.4 Å². The maximum Gasteiger partial charge on any atom is 0.268 e. The van der Waals surface area contributed by atoms with Crippen LogP contribution in [0.5, 0.6) is 0 Å². The van der Waals surface area contributed by atoms with Crippen molar-refractivity contribution in [3.63, 3.8) is 0 Å². The van der Waals surface area contributed by atoms with Crippen LogP contribution in [-0.4, -0.2) is 4.98 Å². The molecule has 0 bridgehead atoms. The average Bonchev–Trinajstić information content (AvgIpc) is 2.51. The summed E-state index contributed by atoms with van der Waals surface area (Å²) in [6.45, 7) is 0. The zero-order valence-corrected chi connectivity index (χ0v) is 12.7. The van der Waals surface area contributed by atoms with Gasteiger partial charge >= 0.3 is 0 Å². The molecule has 0 aliphatic carbocycles. The standard InChI is InChI=1S/C16H13ClN2OS/c17-14-11-6-2-3-7-12(11)16(19-15(14)20)21-9-10-5-1-4-8-13(10)18/h1-8H,9,18H2,(H,19,20). The molecule has 0 atom stereocenters. The first-order valence-corrected chi connectivity index (χ1v) is 7.80. The number of para-hydroxylation sites is 1. The lowest BCUT2D eigenvalue weighted by Crippen LogP contribution is -2.08. The second-order valence-corrected chi connectivity index (χ2v) is 5.99. The molecule has 3 rings (SSSR count). The topological polar surface area (TPSA) is 58.9 Å². The zero-order chi connectivity index (χ0) is 14.8. The monoisotopic (exact) mass is 316 g/mol. The number of halogens is 1. The second-order valence-electron chi connectivity index (χ2n) is 4.63. The van der Waals surface area contributed by atoms with E-state index in [1.165, 1.54) is 0 Å². The molecule has 1 heterocycles. The van der Waals surface area contributed by atoms with Crippen molar-refractivity contribution in [2.75, 3.05) is 5.73 Å². The molecule has 1 aromatic heterocycles. The fourth-order valence-corrected chi connectivity index (χ4v) is 3.42. The Morgan fingerprint density at radius 2 is 1.71 bits per heavy atom. The zero-order valence-electron chi connectivity index (χ0n) is 11.1. The van der Waals surface area contributed by atoms with Gasteiger partial charge in [0.15, 0.2) is 0 Å². The number of hydrogen-bond acceptors (Lipinski definition) is 3. The van der Waals surface area contributed by atoms with E-state index in [4.69, 9.17) is 17.3 Å². The van der Waals surface area contributed by atoms with Gasteiger partial charge in [-0.15, -0.1) is 11.8 Å². The highest BCUT2D eigenvalue weighted by atomic mass is 35.5. The van der Waals surface area contributed by atoms with Gasteiger partial charge in [-0.2, -0.15) is 0 Å². The van der Waals surface area contributed by atoms with Gasteiger partial charge in [0, 0.05) is 22.2 Å². The second kappa shape index (κ2) is 5.84. The van der Waals surface area contributed by atoms with Gasteiger partial charge in [-0.05, 0) is 11.6 Å². The van der Waals surface area contributed by atoms with Crippen LogP contribution in [-0.2, 0) is 5.75 Å². The fourth-order valence-electron chi connectivity index (χ4n) is 2.15. The number of anilines is 1. The predicted octanol–water partition coefficient (Wildman–Crippen LogP) is 4.06. The van der Waals surface area contributed by atoms with Crippen molar-refractivity contribution in [3.8, 4) is 0 Å². The summed E-state index contributed by atoms with van der Waals surface area (Å²) in [7, 11) is 0. The smallest absolute Gasteiger partial charge is 0.268 e. The van der Waals surface area contributed by atoms with Gasteiger partial charge in [-0.3, -0.25) is 4.79 Å². The number of aromatic amines is 1. The number of nitrogens with one attached hydrogen (secondary N) is 1. The van der Waals surface area contributed by atoms with E-state index < -0.39 is 0 Å². The van der Waals surface area contributed by atoms with Crippen LogP contribution in [0.25, 0.3) is 10.8 Å². The Labute approximate surface area is 131 Å². The van der Waals surface area contributed by atoms with Gasteiger partial charge in [0.2, 0.25) is 0 Å². The van der Waals surface area contributed by atoms with Crippen molar-refractivity contribution in [1.29, 1.82) is 0 Å². The van der Waals surface area contributed by atoms with Crippen LogP contribution in [0.15, 0.2) is 58.4 Å². The Balaban J connectivity index is 2.00. The Kier molecular flexibility index (Phi) is 3.90. The number of aromatic nitrogens is 1. The molecule has 106 valence electrons. The van der Waals surface area contributed by atoms with E-state index >= 15 is 0 Å². The van der Waals surface area contributed by atoms with Gasteiger partial charge in [0.25, 0.3) is 5.56 Å². The van der Waals surface area contributed by atoms with Gasteiger partial charge in [0.05, 0.1) is 5.03 Å². The third-order valence-corrected chi connectivity index (χ3v) is 4.70. The molecule has 0 amide bonds. The van der Waals surface area contributed by atoms with Crippen LogP contribution in [0.1, 0.15) is 5.56 Å². The molecule has 3 aromatic rings. The first-order chi connectivity index (χ1) is 10.2. The molecule has 21 heavy (non-hydrogen) atoms. The lowest BCUT2D eigenvalue weighted by Gasteiger charge is -2.08. The van der Waals surface area contributed by atoms with E-state index in [-0.39, 0.29) is 10.6 Å². The summed E-state index contributed by atoms with van der Waals surface area (Å²) in [6.07, 6.45) is 0. The molecule has 0 saturated heterocycles. The van der Waals surface area contributed by atoms with Crippen LogP contribution in [0, 0.1) is 0 Å². The minimum absolute atomic E-state index is 0.231. The molecule has 2 aromatic carbocycles. The molecule has 0 radical (unpaired) electrons. The lowest BCUT2D eigenvalue weighted by atomic mass is 10.2. The van der Waals surface area contributed by atoms with Crippen molar-refractivity contribution < 1.29 is 0 Å². The molecule has 3 N–H and O–H groups in total. The van der Waals surface area contributed by atoms with Gasteiger partial charge < -0.3 is 10.7 Å². The minimum atomic E-state index is -0.265. The van der Waals surface area contributed by atoms with Crippen LogP contribution in [0.2, 0.25) is 5.02 Å². The van der Waals surface area contributed by atoms with Crippen LogP contribution in [0.3, 0.4) is 0 Å². The number of hydrogen-bond donors (Lipinski definition) is 2. The van der Waals surface area contributed by atoms with Gasteiger partial charge in [-0.1, -0.05) is 54.1 Å². The van der Waals surface area contributed by atoms with Crippen LogP contribution < -0.4 is 11.3 Å². The molecular weight excluding hydrogens is 304 g/mol. The first kappa shape index (κ1) is 14.0. The summed E-state index contributed by atoms with van der Waals surface area (Å²) in [5.74, 6) is 0.689. The number of benzene rings is 2. The molecule has 0 saturated carbocycles. The number of fused-ring (bicyclic) bond motifs is 1. The van der Waals surface area contributed by atoms with E-state index in [9.17, 15) is 4.79 Å². The molecule has 5 heteroatoms. The number of nitrogen functional groups attached to an aromatic ring is 1. The summed E-state index contributed by atoms with van der Waals surface area (Å²) in [5.41, 5.74) is 7.48. The largest absolute Gasteiger partial charge is 0.398 e. The van der Waals surface area contributed by atoms with Crippen molar-refractivity contribution in [1.82, 2.24) is 4.98 Å². The Hall–Kier alpha value is -1.91. The summed E-state index contributed by atoms with van der Waals surface area (Å²) in [4.78, 5) is 14.7. The molecule has 0 fully saturated rings. The molecule has 0 unspecified atom stereocenters. The van der Waals surface area contributed by atoms with Crippen molar-refractivity contribution in [2.24, 2.45) is 0 Å². The lowest BCUT2D eigenvalue weighted by molar-refractivity contribution is 1.11. The number of thioether (sulfide) groups is 1. The fraction of sp³-hybridized carbons (Fsp3) is 0.0625. The van der Waals surface area contributed by atoms with Gasteiger partial charge in [-0.25, -0.2) is 0 Å². The van der Waals surface area contributed by atoms with Crippen molar-refractivity contribution >= 4 is 39.8 Å². The quantitative estimate of drug-likeness (QED) is 0.566. The molecule has 0 spiro atoms. The molecule has 0 aliphatic rings. The van der Waals surface area contributed by atoms with E-state index in [2.05, 4.69) is 4.98 Å². The van der Waals surface area contributed by atoms with Crippen molar-refractivity contribution in [3.05, 3.63) is 69.5 Å². The van der Waals surface area contributed by atoms with E-state index in [1.54, 1.807) is 11.8 Å². The highest BCUT2D eigenvalue weighted by molar-refractivity contribution is 7.98. The number of H-pyrrole nitrogens is 1. The van der Waals surface area contributed by atoms with E-state index in [0.717, 1.165) is 27.0 Å². The Morgan fingerprint density at radius 1 is 1.05 bits per heavy atom. The normalized spacial score (nSPS) is 10.9. The molecule has 0 aliphatic heterocycles. The third-order valence-electron chi connectivity index (χ3n) is 3.26. The maximum absolute atomic E-state index is 11.9. The summed E-state index contributed by atoms with van der Waals surface area (Å²) in [5, 5.41) is 2.76. The number of nitrogens with two attached hydrogens (primary N) is 1. The number of pyridine rings is 1. The summed E-state index contributed by atoms with van der Waals surface area (Å²) >= 11 is 7.61. The third kappa shape index (κ3) is 2.77. The Bertz CT molecular complexity index is 860. The maximum atomic E-state index is 11.9. The highest BCUT2D eigenvalue weighted by Gasteiger charge is 2.10. The highest BCUT2D eigenvalue weighted by Crippen LogP contribution is 2.31. The summed E-state index contributed by atoms with van der Waals surface area (Å²) < 4.78 is 0. The van der Waals surface area contributed by atoms with E-state index in [1.807, 2.05) is 48.5 Å². The predicted molar refractivity (Wildman–Crippen MR) is 90.0 cm³/mol. The van der Waals surface area contributed by atoms with Crippen molar-refractivity contribution in [2.45, 2.75) is 10.8 Å². The number of rotatable bonds is 3.